The van der Waals surface area contributed by atoms with Crippen molar-refractivity contribution in [3.63, 3.8) is 0 Å². The molecule has 0 atom stereocenters. The second-order valence-corrected chi connectivity index (χ2v) is 4.47. The maximum atomic E-state index is 12.5. The highest BCUT2D eigenvalue weighted by atomic mass is 19.4. The summed E-state index contributed by atoms with van der Waals surface area (Å²) in [7, 11) is 0. The highest BCUT2D eigenvalue weighted by molar-refractivity contribution is 5.95. The summed E-state index contributed by atoms with van der Waals surface area (Å²) in [6.45, 7) is -0.167. The summed E-state index contributed by atoms with van der Waals surface area (Å²) in [5, 5.41) is 8.70. The maximum Gasteiger partial charge on any atom is 0.412 e. The molecule has 0 fully saturated rings. The lowest BCUT2D eigenvalue weighted by Crippen LogP contribution is -2.36. The molecular formula is C13H11F3N2O3. The van der Waals surface area contributed by atoms with Crippen molar-refractivity contribution in [3.05, 3.63) is 41.2 Å². The van der Waals surface area contributed by atoms with Crippen LogP contribution in [-0.4, -0.2) is 46.1 Å². The van der Waals surface area contributed by atoms with E-state index in [2.05, 4.69) is 4.98 Å². The average molecular weight is 300 g/mol. The van der Waals surface area contributed by atoms with Gasteiger partial charge < -0.3 is 10.0 Å². The van der Waals surface area contributed by atoms with Gasteiger partial charge in [0, 0.05) is 24.9 Å². The van der Waals surface area contributed by atoms with Crippen LogP contribution in [0.3, 0.4) is 0 Å². The van der Waals surface area contributed by atoms with Gasteiger partial charge in [-0.2, -0.15) is 13.2 Å². The van der Waals surface area contributed by atoms with Crippen molar-refractivity contribution in [1.29, 1.82) is 0 Å². The number of aromatic carboxylic acids is 1. The predicted octanol–water partition coefficient (Wildman–Crippen LogP) is 2.11. The highest BCUT2D eigenvalue weighted by Crippen LogP contribution is 2.30. The van der Waals surface area contributed by atoms with Crippen LogP contribution >= 0.6 is 0 Å². The molecule has 0 saturated carbocycles. The average Bonchev–Trinajstić information content (AvgIpc) is 2.46. The van der Waals surface area contributed by atoms with Gasteiger partial charge in [0.1, 0.15) is 5.69 Å². The maximum absolute atomic E-state index is 12.5. The first-order valence-electron chi connectivity index (χ1n) is 6.04. The molecule has 21 heavy (non-hydrogen) atoms. The summed E-state index contributed by atoms with van der Waals surface area (Å²) in [6.07, 6.45) is -2.52. The van der Waals surface area contributed by atoms with E-state index in [0.29, 0.717) is 0 Å². The number of carboxylic acid groups (broad SMARTS) is 1. The fourth-order valence-electron chi connectivity index (χ4n) is 1.94. The van der Waals surface area contributed by atoms with E-state index in [1.54, 1.807) is 0 Å². The Balaban J connectivity index is 2.08. The van der Waals surface area contributed by atoms with Gasteiger partial charge in [-0.3, -0.25) is 4.79 Å². The Morgan fingerprint density at radius 1 is 1.29 bits per heavy atom. The van der Waals surface area contributed by atoms with Crippen molar-refractivity contribution in [2.45, 2.75) is 12.6 Å². The zero-order valence-corrected chi connectivity index (χ0v) is 10.7. The minimum Gasteiger partial charge on any atom is -0.477 e. The molecule has 1 amide bonds. The van der Waals surface area contributed by atoms with Gasteiger partial charge >= 0.3 is 12.1 Å². The van der Waals surface area contributed by atoms with Gasteiger partial charge in [0.2, 0.25) is 0 Å². The number of pyridine rings is 1. The molecule has 0 radical (unpaired) electrons. The topological polar surface area (TPSA) is 70.5 Å². The number of hydrogen-bond donors (Lipinski definition) is 1. The lowest BCUT2D eigenvalue weighted by Gasteiger charge is -2.27. The lowest BCUT2D eigenvalue weighted by atomic mass is 10.1. The van der Waals surface area contributed by atoms with Crippen LogP contribution in [0.4, 0.5) is 13.2 Å². The van der Waals surface area contributed by atoms with Crippen LogP contribution in [0, 0.1) is 0 Å². The van der Waals surface area contributed by atoms with Gasteiger partial charge in [-0.25, -0.2) is 9.78 Å². The molecule has 1 aliphatic heterocycles. The molecule has 0 aromatic carbocycles. The first-order chi connectivity index (χ1) is 9.79. The number of carbonyl (C=O) groups is 2. The third-order valence-electron chi connectivity index (χ3n) is 3.09. The van der Waals surface area contributed by atoms with E-state index in [4.69, 9.17) is 5.11 Å². The largest absolute Gasteiger partial charge is 0.477 e. The number of aromatic nitrogens is 1. The smallest absolute Gasteiger partial charge is 0.412 e. The van der Waals surface area contributed by atoms with Crippen LogP contribution in [0.15, 0.2) is 30.0 Å². The summed E-state index contributed by atoms with van der Waals surface area (Å²) in [6, 6.07) is 2.47. The lowest BCUT2D eigenvalue weighted by molar-refractivity contribution is -0.0957. The third kappa shape index (κ3) is 3.39. The summed E-state index contributed by atoms with van der Waals surface area (Å²) in [4.78, 5) is 27.6. The number of amides is 1. The number of rotatable bonds is 2. The zero-order chi connectivity index (χ0) is 15.6. The Labute approximate surface area is 117 Å². The summed E-state index contributed by atoms with van der Waals surface area (Å²) in [5.41, 5.74) is -0.695. The Morgan fingerprint density at radius 3 is 2.43 bits per heavy atom. The molecule has 2 heterocycles. The zero-order valence-electron chi connectivity index (χ0n) is 10.7. The first kappa shape index (κ1) is 15.0. The minimum atomic E-state index is -4.36. The van der Waals surface area contributed by atoms with Gasteiger partial charge in [-0.15, -0.1) is 0 Å². The molecule has 0 unspecified atom stereocenters. The monoisotopic (exact) mass is 300 g/mol. The number of hydrogen-bond acceptors (Lipinski definition) is 3. The molecule has 0 saturated heterocycles. The molecule has 1 aliphatic rings. The second kappa shape index (κ2) is 5.55. The van der Waals surface area contributed by atoms with Crippen LogP contribution in [0.1, 0.15) is 27.3 Å². The molecule has 5 nitrogen and oxygen atoms in total. The van der Waals surface area contributed by atoms with Crippen LogP contribution in [0.5, 0.6) is 0 Å². The van der Waals surface area contributed by atoms with Gasteiger partial charge in [-0.05, 0) is 18.6 Å². The highest BCUT2D eigenvalue weighted by Gasteiger charge is 2.35. The van der Waals surface area contributed by atoms with E-state index in [9.17, 15) is 22.8 Å². The van der Waals surface area contributed by atoms with Crippen molar-refractivity contribution in [2.24, 2.45) is 0 Å². The number of carbonyl (C=O) groups excluding carboxylic acids is 1. The quantitative estimate of drug-likeness (QED) is 0.849. The van der Waals surface area contributed by atoms with Crippen molar-refractivity contribution in [1.82, 2.24) is 9.88 Å². The molecule has 1 aromatic heterocycles. The van der Waals surface area contributed by atoms with E-state index in [0.717, 1.165) is 12.3 Å². The minimum absolute atomic E-state index is 0.0368. The van der Waals surface area contributed by atoms with E-state index in [1.807, 2.05) is 0 Å². The summed E-state index contributed by atoms with van der Waals surface area (Å²) < 4.78 is 37.4. The Hall–Kier alpha value is -2.38. The van der Waals surface area contributed by atoms with Crippen molar-refractivity contribution < 1.29 is 27.9 Å². The molecule has 1 aromatic rings. The van der Waals surface area contributed by atoms with Gasteiger partial charge in [0.15, 0.2) is 0 Å². The van der Waals surface area contributed by atoms with Crippen LogP contribution in [-0.2, 0) is 0 Å². The number of halogens is 3. The Morgan fingerprint density at radius 2 is 2.00 bits per heavy atom. The molecular weight excluding hydrogens is 289 g/mol. The van der Waals surface area contributed by atoms with Crippen LogP contribution in [0.25, 0.3) is 0 Å². The summed E-state index contributed by atoms with van der Waals surface area (Å²) in [5.74, 6) is -1.69. The van der Waals surface area contributed by atoms with E-state index < -0.39 is 23.6 Å². The van der Waals surface area contributed by atoms with E-state index in [1.165, 1.54) is 17.0 Å². The fourth-order valence-corrected chi connectivity index (χ4v) is 1.94. The molecule has 112 valence electrons. The van der Waals surface area contributed by atoms with Gasteiger partial charge in [0.05, 0.1) is 5.56 Å². The van der Waals surface area contributed by atoms with E-state index >= 15 is 0 Å². The Kier molecular flexibility index (Phi) is 3.97. The molecule has 0 bridgehead atoms. The molecule has 0 aliphatic carbocycles. The molecule has 0 spiro atoms. The fraction of sp³-hybridized carbons (Fsp3) is 0.308. The predicted molar refractivity (Wildman–Crippen MR) is 65.9 cm³/mol. The second-order valence-electron chi connectivity index (χ2n) is 4.47. The molecule has 2 rings (SSSR count). The molecule has 8 heteroatoms. The van der Waals surface area contributed by atoms with E-state index in [-0.39, 0.29) is 30.8 Å². The standard InChI is InChI=1S/C13H11F3N2O3/c14-13(15,16)9-3-5-18(6-4-9)11(19)8-1-2-10(12(20)21)17-7-8/h1-3,7H,4-6H2,(H,20,21). The first-order valence-corrected chi connectivity index (χ1v) is 6.04. The van der Waals surface area contributed by atoms with Crippen molar-refractivity contribution in [3.8, 4) is 0 Å². The van der Waals surface area contributed by atoms with Gasteiger partial charge in [-0.1, -0.05) is 6.08 Å². The number of alkyl halides is 3. The van der Waals surface area contributed by atoms with Gasteiger partial charge in [0.25, 0.3) is 5.91 Å². The number of carboxylic acids is 1. The Bertz CT molecular complexity index is 594. The third-order valence-corrected chi connectivity index (χ3v) is 3.09. The van der Waals surface area contributed by atoms with Crippen LogP contribution in [0.2, 0.25) is 0 Å². The number of nitrogens with zero attached hydrogens (tertiary/aromatic N) is 2. The van der Waals surface area contributed by atoms with Crippen LogP contribution < -0.4 is 0 Å². The van der Waals surface area contributed by atoms with Crippen molar-refractivity contribution in [2.75, 3.05) is 13.1 Å². The normalized spacial score (nSPS) is 15.6. The SMILES string of the molecule is O=C(O)c1ccc(C(=O)N2CC=C(C(F)(F)F)CC2)cn1. The summed E-state index contributed by atoms with van der Waals surface area (Å²) >= 11 is 0. The van der Waals surface area contributed by atoms with Crippen molar-refractivity contribution >= 4 is 11.9 Å². The molecule has 1 N–H and O–H groups in total.